The summed E-state index contributed by atoms with van der Waals surface area (Å²) in [5, 5.41) is 15.4. The summed E-state index contributed by atoms with van der Waals surface area (Å²) >= 11 is 0. The third-order valence-electron chi connectivity index (χ3n) is 6.04. The lowest BCUT2D eigenvalue weighted by atomic mass is 9.99. The summed E-state index contributed by atoms with van der Waals surface area (Å²) in [5.74, 6) is 0.259. The van der Waals surface area contributed by atoms with Crippen molar-refractivity contribution in [2.75, 3.05) is 32.1 Å². The SMILES string of the molecule is CC(C)NC(=O)Nc1ccc2c(c1)C(=O)N([C@H](C)CO)C[C@@H](C)[C@H](CN(C)Cc1ccncc1)O2. The van der Waals surface area contributed by atoms with E-state index in [1.807, 2.05) is 40.0 Å². The standard InChI is InChI=1S/C26H37N5O4/c1-17(2)28-26(34)29-21-6-7-23-22(12-21)25(33)31(19(4)16-32)13-18(3)24(35-23)15-30(5)14-20-8-10-27-11-9-20/h6-12,17-19,24,32H,13-16H2,1-5H3,(H2,28,29,34)/t18-,19-,24+/m1/s1. The third kappa shape index (κ3) is 7.16. The van der Waals surface area contributed by atoms with Crippen LogP contribution >= 0.6 is 0 Å². The number of amides is 3. The molecule has 190 valence electrons. The van der Waals surface area contributed by atoms with Gasteiger partial charge in [-0.3, -0.25) is 14.7 Å². The Labute approximate surface area is 207 Å². The molecular formula is C26H37N5O4. The molecule has 0 aliphatic carbocycles. The molecule has 0 saturated heterocycles. The molecule has 1 aliphatic heterocycles. The number of urea groups is 1. The highest BCUT2D eigenvalue weighted by Gasteiger charge is 2.33. The summed E-state index contributed by atoms with van der Waals surface area (Å²) in [6.07, 6.45) is 3.37. The van der Waals surface area contributed by atoms with Crippen LogP contribution < -0.4 is 15.4 Å². The van der Waals surface area contributed by atoms with Gasteiger partial charge in [-0.15, -0.1) is 0 Å². The first-order chi connectivity index (χ1) is 16.7. The number of rotatable bonds is 8. The zero-order valence-electron chi connectivity index (χ0n) is 21.2. The van der Waals surface area contributed by atoms with E-state index >= 15 is 0 Å². The maximum atomic E-state index is 13.5. The number of anilines is 1. The van der Waals surface area contributed by atoms with Crippen molar-refractivity contribution < 1.29 is 19.4 Å². The number of hydrogen-bond acceptors (Lipinski definition) is 6. The van der Waals surface area contributed by atoms with Crippen LogP contribution in [0.4, 0.5) is 10.5 Å². The number of carbonyl (C=O) groups is 2. The van der Waals surface area contributed by atoms with Crippen LogP contribution in [0.2, 0.25) is 0 Å². The van der Waals surface area contributed by atoms with Crippen molar-refractivity contribution in [3.63, 3.8) is 0 Å². The molecule has 3 rings (SSSR count). The summed E-state index contributed by atoms with van der Waals surface area (Å²) < 4.78 is 6.42. The van der Waals surface area contributed by atoms with E-state index in [1.165, 1.54) is 0 Å². The highest BCUT2D eigenvalue weighted by atomic mass is 16.5. The van der Waals surface area contributed by atoms with Gasteiger partial charge in [0.25, 0.3) is 5.91 Å². The zero-order chi connectivity index (χ0) is 25.5. The summed E-state index contributed by atoms with van der Waals surface area (Å²) in [6, 6.07) is 8.36. The second-order valence-electron chi connectivity index (χ2n) is 9.64. The maximum absolute atomic E-state index is 13.5. The zero-order valence-corrected chi connectivity index (χ0v) is 21.2. The third-order valence-corrected chi connectivity index (χ3v) is 6.04. The highest BCUT2D eigenvalue weighted by Crippen LogP contribution is 2.30. The number of benzene rings is 1. The monoisotopic (exact) mass is 483 g/mol. The fourth-order valence-corrected chi connectivity index (χ4v) is 4.12. The molecule has 0 saturated carbocycles. The highest BCUT2D eigenvalue weighted by molar-refractivity contribution is 5.99. The lowest BCUT2D eigenvalue weighted by molar-refractivity contribution is 0.0341. The molecule has 35 heavy (non-hydrogen) atoms. The van der Waals surface area contributed by atoms with E-state index in [1.54, 1.807) is 35.5 Å². The molecule has 2 heterocycles. The Bertz CT molecular complexity index is 1000. The lowest BCUT2D eigenvalue weighted by Crippen LogP contribution is -2.49. The van der Waals surface area contributed by atoms with Gasteiger partial charge in [-0.1, -0.05) is 6.92 Å². The molecule has 1 aromatic carbocycles. The van der Waals surface area contributed by atoms with Gasteiger partial charge in [0.1, 0.15) is 11.9 Å². The molecule has 0 bridgehead atoms. The minimum absolute atomic E-state index is 0.0171. The maximum Gasteiger partial charge on any atom is 0.319 e. The minimum Gasteiger partial charge on any atom is -0.488 e. The van der Waals surface area contributed by atoms with Crippen LogP contribution in [0.1, 0.15) is 43.6 Å². The number of pyridine rings is 1. The van der Waals surface area contributed by atoms with Gasteiger partial charge in [0, 0.05) is 49.7 Å². The van der Waals surface area contributed by atoms with Gasteiger partial charge in [-0.2, -0.15) is 0 Å². The van der Waals surface area contributed by atoms with E-state index in [2.05, 4.69) is 27.4 Å². The molecule has 3 atom stereocenters. The Morgan fingerprint density at radius 1 is 1.26 bits per heavy atom. The van der Waals surface area contributed by atoms with Crippen LogP contribution in [0.5, 0.6) is 5.75 Å². The molecule has 0 spiro atoms. The van der Waals surface area contributed by atoms with Gasteiger partial charge in [0.05, 0.1) is 18.2 Å². The van der Waals surface area contributed by atoms with E-state index in [0.717, 1.165) is 12.1 Å². The number of nitrogens with one attached hydrogen (secondary N) is 2. The predicted molar refractivity (Wildman–Crippen MR) is 135 cm³/mol. The van der Waals surface area contributed by atoms with Crippen molar-refractivity contribution in [3.05, 3.63) is 53.9 Å². The number of fused-ring (bicyclic) bond motifs is 1. The fraction of sp³-hybridized carbons (Fsp3) is 0.500. The van der Waals surface area contributed by atoms with Gasteiger partial charge in [0.15, 0.2) is 0 Å². The summed E-state index contributed by atoms with van der Waals surface area (Å²) in [5.41, 5.74) is 2.01. The number of aliphatic hydroxyl groups excluding tert-OH is 1. The van der Waals surface area contributed by atoms with Crippen LogP contribution in [-0.2, 0) is 6.54 Å². The number of ether oxygens (including phenoxy) is 1. The molecule has 0 fully saturated rings. The normalized spacial score (nSPS) is 19.0. The van der Waals surface area contributed by atoms with Crippen molar-refractivity contribution in [1.29, 1.82) is 0 Å². The van der Waals surface area contributed by atoms with Gasteiger partial charge >= 0.3 is 6.03 Å². The molecule has 3 amide bonds. The Morgan fingerprint density at radius 2 is 1.97 bits per heavy atom. The van der Waals surface area contributed by atoms with E-state index in [0.29, 0.717) is 30.1 Å². The van der Waals surface area contributed by atoms with Crippen molar-refractivity contribution >= 4 is 17.6 Å². The summed E-state index contributed by atoms with van der Waals surface area (Å²) in [6.45, 7) is 9.33. The summed E-state index contributed by atoms with van der Waals surface area (Å²) in [4.78, 5) is 33.7. The molecule has 9 nitrogen and oxygen atoms in total. The smallest absolute Gasteiger partial charge is 0.319 e. The first-order valence-corrected chi connectivity index (χ1v) is 12.1. The Kier molecular flexibility index (Phi) is 9.06. The van der Waals surface area contributed by atoms with Crippen LogP contribution in [0.15, 0.2) is 42.7 Å². The second kappa shape index (κ2) is 12.0. The molecule has 2 aromatic rings. The fourth-order valence-electron chi connectivity index (χ4n) is 4.12. The first-order valence-electron chi connectivity index (χ1n) is 12.1. The van der Waals surface area contributed by atoms with Crippen LogP contribution in [0, 0.1) is 5.92 Å². The van der Waals surface area contributed by atoms with Gasteiger partial charge in [-0.05, 0) is 63.7 Å². The average molecular weight is 484 g/mol. The van der Waals surface area contributed by atoms with E-state index < -0.39 is 0 Å². The van der Waals surface area contributed by atoms with E-state index in [9.17, 15) is 14.7 Å². The number of aromatic nitrogens is 1. The van der Waals surface area contributed by atoms with Crippen LogP contribution in [0.3, 0.4) is 0 Å². The number of carbonyl (C=O) groups excluding carboxylic acids is 2. The van der Waals surface area contributed by atoms with Crippen LogP contribution in [-0.4, -0.2) is 76.8 Å². The second-order valence-corrected chi connectivity index (χ2v) is 9.64. The molecule has 1 aliphatic rings. The molecule has 1 aromatic heterocycles. The number of hydrogen-bond donors (Lipinski definition) is 3. The lowest BCUT2D eigenvalue weighted by Gasteiger charge is -2.38. The Morgan fingerprint density at radius 3 is 2.63 bits per heavy atom. The van der Waals surface area contributed by atoms with Crippen molar-refractivity contribution in [1.82, 2.24) is 20.1 Å². The molecule has 0 radical (unpaired) electrons. The van der Waals surface area contributed by atoms with Gasteiger partial charge < -0.3 is 25.4 Å². The molecule has 3 N–H and O–H groups in total. The van der Waals surface area contributed by atoms with Crippen molar-refractivity contribution in [3.8, 4) is 5.75 Å². The van der Waals surface area contributed by atoms with Crippen molar-refractivity contribution in [2.24, 2.45) is 5.92 Å². The summed E-state index contributed by atoms with van der Waals surface area (Å²) in [7, 11) is 2.04. The van der Waals surface area contributed by atoms with E-state index in [-0.39, 0.29) is 42.7 Å². The molecule has 0 unspecified atom stereocenters. The van der Waals surface area contributed by atoms with Gasteiger partial charge in [-0.25, -0.2) is 4.79 Å². The quantitative estimate of drug-likeness (QED) is 0.533. The van der Waals surface area contributed by atoms with E-state index in [4.69, 9.17) is 4.74 Å². The van der Waals surface area contributed by atoms with Gasteiger partial charge in [0.2, 0.25) is 0 Å². The average Bonchev–Trinajstić information content (AvgIpc) is 2.81. The number of aliphatic hydroxyl groups is 1. The number of likely N-dealkylation sites (N-methyl/N-ethyl adjacent to an activating group) is 1. The van der Waals surface area contributed by atoms with Crippen molar-refractivity contribution in [2.45, 2.75) is 52.4 Å². The Balaban J connectivity index is 1.87. The Hall–Kier alpha value is -3.17. The predicted octanol–water partition coefficient (Wildman–Crippen LogP) is 2.96. The molecular weight excluding hydrogens is 446 g/mol. The minimum atomic E-state index is -0.355. The topological polar surface area (TPSA) is 107 Å². The first kappa shape index (κ1) is 26.4. The van der Waals surface area contributed by atoms with Crippen LogP contribution in [0.25, 0.3) is 0 Å². The molecule has 9 heteroatoms. The largest absolute Gasteiger partial charge is 0.488 e. The number of nitrogens with zero attached hydrogens (tertiary/aromatic N) is 3.